The van der Waals surface area contributed by atoms with E-state index in [2.05, 4.69) is 24.5 Å². The van der Waals surface area contributed by atoms with Gasteiger partial charge in [0.25, 0.3) is 0 Å². The fourth-order valence-corrected chi connectivity index (χ4v) is 1.47. The number of hydrogen-bond acceptors (Lipinski definition) is 2. The minimum atomic E-state index is 0.783. The Kier molecular flexibility index (Phi) is 10.9. The Hall–Kier alpha value is -0.0800. The molecule has 0 rings (SSSR count). The molecule has 2 heteroatoms. The van der Waals surface area contributed by atoms with Crippen LogP contribution in [-0.4, -0.2) is 26.7 Å². The molecule has 0 fully saturated rings. The van der Waals surface area contributed by atoms with Gasteiger partial charge in [-0.25, -0.2) is 0 Å². The fourth-order valence-electron chi connectivity index (χ4n) is 1.47. The van der Waals surface area contributed by atoms with Gasteiger partial charge >= 0.3 is 0 Å². The lowest BCUT2D eigenvalue weighted by atomic mass is 10.1. The third-order valence-electron chi connectivity index (χ3n) is 2.33. The largest absolute Gasteiger partial charge is 0.320 e. The van der Waals surface area contributed by atoms with Crippen molar-refractivity contribution in [2.75, 3.05) is 26.7 Å². The number of rotatable bonds is 10. The first-order valence-corrected chi connectivity index (χ1v) is 6.12. The molecule has 0 aromatic rings. The van der Waals surface area contributed by atoms with Gasteiger partial charge in [-0.05, 0) is 45.4 Å². The van der Waals surface area contributed by atoms with Crippen LogP contribution in [0.2, 0.25) is 0 Å². The van der Waals surface area contributed by atoms with E-state index in [4.69, 9.17) is 0 Å². The van der Waals surface area contributed by atoms with E-state index in [1.807, 2.05) is 7.05 Å². The molecule has 0 unspecified atom stereocenters. The van der Waals surface area contributed by atoms with E-state index in [1.54, 1.807) is 0 Å². The summed E-state index contributed by atoms with van der Waals surface area (Å²) in [5, 5.41) is 6.65. The number of nitrogens with one attached hydrogen (secondary N) is 2. The molecule has 0 aliphatic carbocycles. The van der Waals surface area contributed by atoms with Crippen molar-refractivity contribution in [3.8, 4) is 0 Å². The topological polar surface area (TPSA) is 24.1 Å². The van der Waals surface area contributed by atoms with Gasteiger partial charge in [0, 0.05) is 0 Å². The summed E-state index contributed by atoms with van der Waals surface area (Å²) in [6.45, 7) is 8.05. The first-order chi connectivity index (χ1) is 6.77. The van der Waals surface area contributed by atoms with Crippen LogP contribution >= 0.6 is 0 Å². The van der Waals surface area contributed by atoms with Gasteiger partial charge in [-0.2, -0.15) is 0 Å². The van der Waals surface area contributed by atoms with E-state index in [-0.39, 0.29) is 0 Å². The van der Waals surface area contributed by atoms with Gasteiger partial charge in [-0.1, -0.05) is 33.1 Å². The highest BCUT2D eigenvalue weighted by Crippen LogP contribution is 2.01. The Morgan fingerprint density at radius 1 is 0.857 bits per heavy atom. The highest BCUT2D eigenvalue weighted by Gasteiger charge is 1.93. The zero-order valence-electron chi connectivity index (χ0n) is 10.2. The Labute approximate surface area is 89.9 Å². The van der Waals surface area contributed by atoms with Crippen molar-refractivity contribution in [3.05, 3.63) is 0 Å². The molecule has 2 nitrogen and oxygen atoms in total. The van der Waals surface area contributed by atoms with Crippen LogP contribution in [0.15, 0.2) is 0 Å². The molecule has 14 heavy (non-hydrogen) atoms. The summed E-state index contributed by atoms with van der Waals surface area (Å²) in [5.74, 6) is 0.783. The second kappa shape index (κ2) is 11.0. The Balaban J connectivity index is 2.85. The van der Waals surface area contributed by atoms with Crippen molar-refractivity contribution >= 4 is 0 Å². The quantitative estimate of drug-likeness (QED) is 0.529. The minimum absolute atomic E-state index is 0.783. The molecular weight excluding hydrogens is 172 g/mol. The van der Waals surface area contributed by atoms with E-state index in [1.165, 1.54) is 51.7 Å². The summed E-state index contributed by atoms with van der Waals surface area (Å²) in [5.41, 5.74) is 0. The summed E-state index contributed by atoms with van der Waals surface area (Å²) in [4.78, 5) is 0. The van der Waals surface area contributed by atoms with Gasteiger partial charge in [0.1, 0.15) is 0 Å². The molecule has 2 N–H and O–H groups in total. The monoisotopic (exact) mass is 200 g/mol. The first-order valence-electron chi connectivity index (χ1n) is 6.12. The lowest BCUT2D eigenvalue weighted by molar-refractivity contribution is 0.521. The van der Waals surface area contributed by atoms with Gasteiger partial charge in [-0.15, -0.1) is 0 Å². The lowest BCUT2D eigenvalue weighted by Crippen LogP contribution is -2.20. The molecule has 0 aromatic heterocycles. The van der Waals surface area contributed by atoms with Crippen molar-refractivity contribution in [1.82, 2.24) is 10.6 Å². The molecule has 0 atom stereocenters. The molecule has 0 saturated heterocycles. The molecule has 0 bridgehead atoms. The third kappa shape index (κ3) is 11.9. The van der Waals surface area contributed by atoms with E-state index in [9.17, 15) is 0 Å². The molecule has 0 radical (unpaired) electrons. The summed E-state index contributed by atoms with van der Waals surface area (Å²) < 4.78 is 0. The van der Waals surface area contributed by atoms with Crippen LogP contribution in [-0.2, 0) is 0 Å². The number of hydrogen-bond donors (Lipinski definition) is 2. The normalized spacial score (nSPS) is 11.1. The molecule has 0 aliphatic heterocycles. The second-order valence-electron chi connectivity index (χ2n) is 4.47. The maximum atomic E-state index is 3.47. The fraction of sp³-hybridized carbons (Fsp3) is 1.00. The van der Waals surface area contributed by atoms with Crippen LogP contribution in [0.25, 0.3) is 0 Å². The van der Waals surface area contributed by atoms with Gasteiger partial charge in [0.05, 0.1) is 0 Å². The van der Waals surface area contributed by atoms with Crippen LogP contribution in [0.3, 0.4) is 0 Å². The van der Waals surface area contributed by atoms with E-state index in [0.29, 0.717) is 0 Å². The van der Waals surface area contributed by atoms with Crippen LogP contribution < -0.4 is 10.6 Å². The predicted octanol–water partition coefficient (Wildman–Crippen LogP) is 2.40. The van der Waals surface area contributed by atoms with Crippen LogP contribution in [0.4, 0.5) is 0 Å². The zero-order chi connectivity index (χ0) is 10.6. The molecule has 0 amide bonds. The summed E-state index contributed by atoms with van der Waals surface area (Å²) in [7, 11) is 2.02. The van der Waals surface area contributed by atoms with Crippen molar-refractivity contribution in [2.24, 2.45) is 5.92 Å². The van der Waals surface area contributed by atoms with E-state index in [0.717, 1.165) is 5.92 Å². The lowest BCUT2D eigenvalue weighted by Gasteiger charge is -2.06. The molecule has 0 aliphatic rings. The highest BCUT2D eigenvalue weighted by molar-refractivity contribution is 4.52. The maximum absolute atomic E-state index is 3.47. The Morgan fingerprint density at radius 2 is 1.43 bits per heavy atom. The van der Waals surface area contributed by atoms with E-state index < -0.39 is 0 Å². The summed E-state index contributed by atoms with van der Waals surface area (Å²) in [6.07, 6.45) is 6.83. The van der Waals surface area contributed by atoms with Gasteiger partial charge in [-0.3, -0.25) is 0 Å². The van der Waals surface area contributed by atoms with Crippen molar-refractivity contribution in [3.63, 3.8) is 0 Å². The van der Waals surface area contributed by atoms with Gasteiger partial charge in [0.2, 0.25) is 0 Å². The average molecular weight is 200 g/mol. The smallest absolute Gasteiger partial charge is 0.00258 e. The zero-order valence-corrected chi connectivity index (χ0v) is 10.2. The van der Waals surface area contributed by atoms with Crippen LogP contribution in [0.5, 0.6) is 0 Å². The standard InChI is InChI=1S/C12H28N2/c1-12(2)11-14-10-8-6-4-5-7-9-13-3/h12-14H,4-11H2,1-3H3. The van der Waals surface area contributed by atoms with Crippen molar-refractivity contribution in [1.29, 1.82) is 0 Å². The molecule has 86 valence electrons. The SMILES string of the molecule is CNCCCCCCCNCC(C)C. The Morgan fingerprint density at radius 3 is 2.00 bits per heavy atom. The second-order valence-corrected chi connectivity index (χ2v) is 4.47. The van der Waals surface area contributed by atoms with Gasteiger partial charge in [0.15, 0.2) is 0 Å². The third-order valence-corrected chi connectivity index (χ3v) is 2.33. The molecule has 0 spiro atoms. The molecular formula is C12H28N2. The molecule has 0 aromatic carbocycles. The maximum Gasteiger partial charge on any atom is -0.00258 e. The molecule has 0 saturated carbocycles. The highest BCUT2D eigenvalue weighted by atomic mass is 14.8. The van der Waals surface area contributed by atoms with Crippen molar-refractivity contribution < 1.29 is 0 Å². The Bertz CT molecular complexity index is 102. The average Bonchev–Trinajstić information content (AvgIpc) is 2.15. The van der Waals surface area contributed by atoms with Gasteiger partial charge < -0.3 is 10.6 Å². The van der Waals surface area contributed by atoms with Crippen molar-refractivity contribution in [2.45, 2.75) is 46.0 Å². The minimum Gasteiger partial charge on any atom is -0.320 e. The molecule has 0 heterocycles. The van der Waals surface area contributed by atoms with Crippen LogP contribution in [0.1, 0.15) is 46.0 Å². The van der Waals surface area contributed by atoms with E-state index >= 15 is 0 Å². The summed E-state index contributed by atoms with van der Waals surface area (Å²) in [6, 6.07) is 0. The predicted molar refractivity (Wildman–Crippen MR) is 64.7 cm³/mol. The van der Waals surface area contributed by atoms with Crippen LogP contribution in [0, 0.1) is 5.92 Å². The summed E-state index contributed by atoms with van der Waals surface area (Å²) >= 11 is 0. The number of unbranched alkanes of at least 4 members (excludes halogenated alkanes) is 4. The first kappa shape index (κ1) is 13.9.